The van der Waals surface area contributed by atoms with Crippen LogP contribution in [0.25, 0.3) is 0 Å². The zero-order valence-electron chi connectivity index (χ0n) is 11.0. The van der Waals surface area contributed by atoms with Crippen LogP contribution in [0.1, 0.15) is 48.5 Å². The average Bonchev–Trinajstić information content (AvgIpc) is 2.21. The van der Waals surface area contributed by atoms with E-state index in [1.165, 1.54) is 24.8 Å². The van der Waals surface area contributed by atoms with Gasteiger partial charge in [0.05, 0.1) is 13.2 Å². The predicted octanol–water partition coefficient (Wildman–Crippen LogP) is 3.54. The molecule has 17 heavy (non-hydrogen) atoms. The fourth-order valence-corrected chi connectivity index (χ4v) is 2.70. The first-order chi connectivity index (χ1) is 8.11. The van der Waals surface area contributed by atoms with E-state index in [-0.39, 0.29) is 6.10 Å². The van der Waals surface area contributed by atoms with Gasteiger partial charge in [-0.25, -0.2) is 0 Å². The van der Waals surface area contributed by atoms with Gasteiger partial charge >= 0.3 is 0 Å². The van der Waals surface area contributed by atoms with Gasteiger partial charge in [-0.1, -0.05) is 25.3 Å². The molecule has 0 bridgehead atoms. The topological polar surface area (TPSA) is 29.5 Å². The summed E-state index contributed by atoms with van der Waals surface area (Å²) in [7, 11) is 1.67. The van der Waals surface area contributed by atoms with Crippen LogP contribution >= 0.6 is 0 Å². The molecule has 1 aliphatic carbocycles. The van der Waals surface area contributed by atoms with Gasteiger partial charge in [0, 0.05) is 5.56 Å². The van der Waals surface area contributed by atoms with Crippen molar-refractivity contribution in [3.8, 4) is 5.75 Å². The summed E-state index contributed by atoms with van der Waals surface area (Å²) in [5.74, 6) is 1.53. The first kappa shape index (κ1) is 12.4. The molecule has 1 aromatic rings. The third-order valence-electron chi connectivity index (χ3n) is 3.83. The number of hydrogen-bond acceptors (Lipinski definition) is 2. The van der Waals surface area contributed by atoms with E-state index in [1.807, 2.05) is 6.07 Å². The summed E-state index contributed by atoms with van der Waals surface area (Å²) in [5.41, 5.74) is 3.29. The molecule has 0 aromatic heterocycles. The third kappa shape index (κ3) is 2.63. The first-order valence-corrected chi connectivity index (χ1v) is 6.45. The van der Waals surface area contributed by atoms with Crippen LogP contribution in [0.5, 0.6) is 5.75 Å². The molecule has 1 unspecified atom stereocenters. The van der Waals surface area contributed by atoms with E-state index in [9.17, 15) is 5.11 Å². The van der Waals surface area contributed by atoms with Crippen LogP contribution in [0.2, 0.25) is 0 Å². The summed E-state index contributed by atoms with van der Waals surface area (Å²) >= 11 is 0. The van der Waals surface area contributed by atoms with E-state index in [2.05, 4.69) is 19.9 Å². The van der Waals surface area contributed by atoms with Gasteiger partial charge in [0.25, 0.3) is 0 Å². The lowest BCUT2D eigenvalue weighted by Gasteiger charge is -2.28. The number of aliphatic hydroxyl groups excluding tert-OH is 1. The Morgan fingerprint density at radius 2 is 2.06 bits per heavy atom. The molecule has 2 heteroatoms. The minimum Gasteiger partial charge on any atom is -0.496 e. The Labute approximate surface area is 104 Å². The highest BCUT2D eigenvalue weighted by Crippen LogP contribution is 2.38. The highest BCUT2D eigenvalue weighted by Gasteiger charge is 2.24. The van der Waals surface area contributed by atoms with Gasteiger partial charge < -0.3 is 9.84 Å². The van der Waals surface area contributed by atoms with E-state index in [0.29, 0.717) is 5.92 Å². The van der Waals surface area contributed by atoms with Gasteiger partial charge in [0.2, 0.25) is 0 Å². The molecule has 0 amide bonds. The van der Waals surface area contributed by atoms with E-state index < -0.39 is 0 Å². The molecule has 1 N–H and O–H groups in total. The van der Waals surface area contributed by atoms with Crippen molar-refractivity contribution in [1.82, 2.24) is 0 Å². The molecule has 0 radical (unpaired) electrons. The normalized spacial score (nSPS) is 17.6. The molecule has 0 heterocycles. The molecule has 2 nitrogen and oxygen atoms in total. The maximum atomic E-state index is 10.4. The molecule has 1 saturated carbocycles. The van der Waals surface area contributed by atoms with Crippen LogP contribution in [0, 0.1) is 19.8 Å². The SMILES string of the molecule is COc1cc(C)cc(C)c1C(O)CC1CCC1. The average molecular weight is 234 g/mol. The standard InChI is InChI=1S/C15H22O2/c1-10-7-11(2)15(14(8-10)17-3)13(16)9-12-5-4-6-12/h7-8,12-13,16H,4-6,9H2,1-3H3. The summed E-state index contributed by atoms with van der Waals surface area (Å²) in [5, 5.41) is 10.4. The first-order valence-electron chi connectivity index (χ1n) is 6.45. The number of benzene rings is 1. The minimum absolute atomic E-state index is 0.379. The maximum absolute atomic E-state index is 10.4. The summed E-state index contributed by atoms with van der Waals surface area (Å²) < 4.78 is 5.40. The van der Waals surface area contributed by atoms with Crippen LogP contribution in [0.4, 0.5) is 0 Å². The molecule has 2 rings (SSSR count). The number of ether oxygens (including phenoxy) is 1. The Balaban J connectivity index is 2.22. The molecule has 94 valence electrons. The molecule has 1 atom stereocenters. The number of aryl methyl sites for hydroxylation is 2. The summed E-state index contributed by atoms with van der Waals surface area (Å²) in [4.78, 5) is 0. The van der Waals surface area contributed by atoms with Crippen LogP contribution in [0.15, 0.2) is 12.1 Å². The van der Waals surface area contributed by atoms with E-state index in [4.69, 9.17) is 4.74 Å². The Morgan fingerprint density at radius 1 is 1.35 bits per heavy atom. The van der Waals surface area contributed by atoms with Crippen molar-refractivity contribution in [2.45, 2.75) is 45.6 Å². The molecule has 0 spiro atoms. The molecule has 0 aliphatic heterocycles. The molecule has 1 aliphatic rings. The van der Waals surface area contributed by atoms with Crippen molar-refractivity contribution in [1.29, 1.82) is 0 Å². The zero-order valence-corrected chi connectivity index (χ0v) is 11.0. The van der Waals surface area contributed by atoms with Crippen molar-refractivity contribution in [3.05, 3.63) is 28.8 Å². The van der Waals surface area contributed by atoms with Gasteiger partial charge in [-0.2, -0.15) is 0 Å². The lowest BCUT2D eigenvalue weighted by Crippen LogP contribution is -2.16. The zero-order chi connectivity index (χ0) is 12.4. The van der Waals surface area contributed by atoms with Crippen molar-refractivity contribution in [3.63, 3.8) is 0 Å². The Kier molecular flexibility index (Phi) is 3.72. The predicted molar refractivity (Wildman–Crippen MR) is 69.4 cm³/mol. The van der Waals surface area contributed by atoms with Crippen molar-refractivity contribution < 1.29 is 9.84 Å². The van der Waals surface area contributed by atoms with Gasteiger partial charge in [-0.05, 0) is 43.4 Å². The number of aliphatic hydroxyl groups is 1. The monoisotopic (exact) mass is 234 g/mol. The Morgan fingerprint density at radius 3 is 2.59 bits per heavy atom. The second kappa shape index (κ2) is 5.09. The van der Waals surface area contributed by atoms with Crippen molar-refractivity contribution >= 4 is 0 Å². The highest BCUT2D eigenvalue weighted by atomic mass is 16.5. The van der Waals surface area contributed by atoms with E-state index in [0.717, 1.165) is 23.3 Å². The summed E-state index contributed by atoms with van der Waals surface area (Å²) in [6, 6.07) is 4.12. The molecule has 1 fully saturated rings. The lowest BCUT2D eigenvalue weighted by molar-refractivity contribution is 0.115. The van der Waals surface area contributed by atoms with Crippen LogP contribution in [-0.2, 0) is 0 Å². The second-order valence-electron chi connectivity index (χ2n) is 5.25. The molecular formula is C15H22O2. The number of rotatable bonds is 4. The van der Waals surface area contributed by atoms with Crippen LogP contribution in [0.3, 0.4) is 0 Å². The molecule has 0 saturated heterocycles. The fraction of sp³-hybridized carbons (Fsp3) is 0.600. The maximum Gasteiger partial charge on any atom is 0.125 e. The van der Waals surface area contributed by atoms with Gasteiger partial charge in [0.1, 0.15) is 5.75 Å². The smallest absolute Gasteiger partial charge is 0.125 e. The second-order valence-corrected chi connectivity index (χ2v) is 5.25. The summed E-state index contributed by atoms with van der Waals surface area (Å²) in [6.45, 7) is 4.10. The van der Waals surface area contributed by atoms with Crippen LogP contribution < -0.4 is 4.74 Å². The molecule has 1 aromatic carbocycles. The lowest BCUT2D eigenvalue weighted by atomic mass is 9.80. The molecular weight excluding hydrogens is 212 g/mol. The quantitative estimate of drug-likeness (QED) is 0.863. The number of methoxy groups -OCH3 is 1. The van der Waals surface area contributed by atoms with E-state index in [1.54, 1.807) is 7.11 Å². The fourth-order valence-electron chi connectivity index (χ4n) is 2.70. The Hall–Kier alpha value is -1.02. The van der Waals surface area contributed by atoms with Gasteiger partial charge in [0.15, 0.2) is 0 Å². The number of hydrogen-bond donors (Lipinski definition) is 1. The minimum atomic E-state index is -0.379. The van der Waals surface area contributed by atoms with E-state index >= 15 is 0 Å². The third-order valence-corrected chi connectivity index (χ3v) is 3.83. The summed E-state index contributed by atoms with van der Waals surface area (Å²) in [6.07, 6.45) is 4.35. The Bertz CT molecular complexity index is 394. The van der Waals surface area contributed by atoms with Gasteiger partial charge in [-0.15, -0.1) is 0 Å². The van der Waals surface area contributed by atoms with Gasteiger partial charge in [-0.3, -0.25) is 0 Å². The van der Waals surface area contributed by atoms with Crippen molar-refractivity contribution in [2.24, 2.45) is 5.92 Å². The largest absolute Gasteiger partial charge is 0.496 e. The van der Waals surface area contributed by atoms with Crippen LogP contribution in [-0.4, -0.2) is 12.2 Å². The van der Waals surface area contributed by atoms with Crippen molar-refractivity contribution in [2.75, 3.05) is 7.11 Å². The highest BCUT2D eigenvalue weighted by molar-refractivity contribution is 5.44.